The number of thiol groups is 1. The van der Waals surface area contributed by atoms with Crippen molar-refractivity contribution in [1.29, 1.82) is 0 Å². The van der Waals surface area contributed by atoms with E-state index in [4.69, 9.17) is 4.74 Å². The molecule has 2 aromatic rings. The Morgan fingerprint density at radius 1 is 1.43 bits per heavy atom. The van der Waals surface area contributed by atoms with Crippen molar-refractivity contribution in [1.82, 2.24) is 9.97 Å². The van der Waals surface area contributed by atoms with Gasteiger partial charge in [-0.2, -0.15) is 22.5 Å². The fourth-order valence-electron chi connectivity index (χ4n) is 2.33. The molecule has 6 nitrogen and oxygen atoms in total. The molecular formula is C16H19N3O3S. The molecule has 3 atom stereocenters. The molecule has 0 bridgehead atoms. The Hall–Kier alpha value is -2.02. The lowest BCUT2D eigenvalue weighted by molar-refractivity contribution is -0.107. The Morgan fingerprint density at radius 2 is 2.22 bits per heavy atom. The number of fused-ring (bicyclic) bond motifs is 1. The van der Waals surface area contributed by atoms with E-state index in [1.165, 1.54) is 0 Å². The zero-order valence-corrected chi connectivity index (χ0v) is 13.9. The van der Waals surface area contributed by atoms with Crippen molar-refractivity contribution >= 4 is 29.8 Å². The molecule has 0 amide bonds. The van der Waals surface area contributed by atoms with Crippen molar-refractivity contribution in [3.63, 3.8) is 0 Å². The normalized spacial score (nSPS) is 14.9. The van der Waals surface area contributed by atoms with Crippen LogP contribution in [-0.2, 0) is 4.79 Å². The lowest BCUT2D eigenvalue weighted by Crippen LogP contribution is -2.14. The summed E-state index contributed by atoms with van der Waals surface area (Å²) in [5.41, 5.74) is 1.77. The smallest absolute Gasteiger partial charge is 0.316 e. The topological polar surface area (TPSA) is 81.5 Å². The van der Waals surface area contributed by atoms with E-state index in [1.807, 2.05) is 25.1 Å². The van der Waals surface area contributed by atoms with Crippen LogP contribution in [0.5, 0.6) is 6.01 Å². The number of aldehydes is 1. The van der Waals surface area contributed by atoms with Crippen molar-refractivity contribution in [2.24, 2.45) is 5.18 Å². The monoisotopic (exact) mass is 333 g/mol. The maximum atomic E-state index is 11.0. The van der Waals surface area contributed by atoms with Crippen molar-refractivity contribution < 1.29 is 9.53 Å². The van der Waals surface area contributed by atoms with E-state index in [2.05, 4.69) is 27.8 Å². The van der Waals surface area contributed by atoms with Gasteiger partial charge in [0.05, 0.1) is 10.8 Å². The third kappa shape index (κ3) is 4.25. The molecule has 0 saturated heterocycles. The summed E-state index contributed by atoms with van der Waals surface area (Å²) in [4.78, 5) is 29.8. The number of hydrogen-bond acceptors (Lipinski definition) is 7. The second kappa shape index (κ2) is 8.01. The summed E-state index contributed by atoms with van der Waals surface area (Å²) >= 11 is 4.33. The minimum absolute atomic E-state index is 0.0516. The average Bonchev–Trinajstić information content (AvgIpc) is 2.59. The maximum absolute atomic E-state index is 11.0. The maximum Gasteiger partial charge on any atom is 0.316 e. The molecule has 0 saturated carbocycles. The fourth-order valence-corrected chi connectivity index (χ4v) is 2.71. The van der Waals surface area contributed by atoms with Gasteiger partial charge in [0.2, 0.25) is 0 Å². The first-order chi connectivity index (χ1) is 11.1. The zero-order valence-electron chi connectivity index (χ0n) is 13.0. The van der Waals surface area contributed by atoms with Gasteiger partial charge in [-0.05, 0) is 31.0 Å². The highest BCUT2D eigenvalue weighted by Gasteiger charge is 2.18. The number of carbonyl (C=O) groups excluding carboxylic acids is 1. The van der Waals surface area contributed by atoms with E-state index < -0.39 is 6.04 Å². The van der Waals surface area contributed by atoms with Gasteiger partial charge in [-0.15, -0.1) is 0 Å². The first-order valence-electron chi connectivity index (χ1n) is 7.44. The minimum Gasteiger partial charge on any atom is -0.461 e. The van der Waals surface area contributed by atoms with E-state index in [1.54, 1.807) is 13.1 Å². The SMILES string of the molecule is CCC(c1ccc2nc(OCC(C)N=O)ncc2c1)C(S)C=O. The Kier molecular flexibility index (Phi) is 6.04. The van der Waals surface area contributed by atoms with Gasteiger partial charge >= 0.3 is 6.01 Å². The molecule has 23 heavy (non-hydrogen) atoms. The molecule has 0 aliphatic heterocycles. The van der Waals surface area contributed by atoms with Crippen molar-refractivity contribution in [2.75, 3.05) is 6.61 Å². The van der Waals surface area contributed by atoms with Crippen LogP contribution in [-0.4, -0.2) is 34.2 Å². The van der Waals surface area contributed by atoms with Crippen molar-refractivity contribution in [2.45, 2.75) is 37.5 Å². The van der Waals surface area contributed by atoms with Gasteiger partial charge in [-0.3, -0.25) is 0 Å². The second-order valence-electron chi connectivity index (χ2n) is 5.38. The van der Waals surface area contributed by atoms with E-state index in [0.29, 0.717) is 0 Å². The Morgan fingerprint density at radius 3 is 2.87 bits per heavy atom. The summed E-state index contributed by atoms with van der Waals surface area (Å²) in [6, 6.07) is 5.55. The predicted octanol–water partition coefficient (Wildman–Crippen LogP) is 3.15. The number of aromatic nitrogens is 2. The molecule has 0 aliphatic carbocycles. The molecule has 0 N–H and O–H groups in total. The summed E-state index contributed by atoms with van der Waals surface area (Å²) in [6.07, 6.45) is 3.34. The summed E-state index contributed by atoms with van der Waals surface area (Å²) in [5.74, 6) is 0.0516. The molecule has 1 heterocycles. The Bertz CT molecular complexity index is 695. The number of rotatable bonds is 8. The lowest BCUT2D eigenvalue weighted by Gasteiger charge is -2.18. The summed E-state index contributed by atoms with van der Waals surface area (Å²) < 4.78 is 5.35. The fraction of sp³-hybridized carbons (Fsp3) is 0.438. The largest absolute Gasteiger partial charge is 0.461 e. The molecule has 7 heteroatoms. The van der Waals surface area contributed by atoms with Gasteiger partial charge < -0.3 is 9.53 Å². The summed E-state index contributed by atoms with van der Waals surface area (Å²) in [5, 5.41) is 3.39. The van der Waals surface area contributed by atoms with Gasteiger partial charge in [0.1, 0.15) is 18.9 Å². The molecule has 0 fully saturated rings. The van der Waals surface area contributed by atoms with Gasteiger partial charge in [0.25, 0.3) is 0 Å². The number of benzene rings is 1. The highest BCUT2D eigenvalue weighted by molar-refractivity contribution is 7.81. The molecule has 3 unspecified atom stereocenters. The minimum atomic E-state index is -0.447. The van der Waals surface area contributed by atoms with Crippen molar-refractivity contribution in [3.05, 3.63) is 34.9 Å². The quantitative estimate of drug-likeness (QED) is 0.456. The first-order valence-corrected chi connectivity index (χ1v) is 7.96. The number of hydrogen-bond donors (Lipinski definition) is 1. The number of nitrogens with zero attached hydrogens (tertiary/aromatic N) is 3. The third-order valence-corrected chi connectivity index (χ3v) is 4.12. The van der Waals surface area contributed by atoms with Crippen LogP contribution in [0.1, 0.15) is 31.7 Å². The zero-order chi connectivity index (χ0) is 16.8. The molecule has 1 aromatic carbocycles. The third-order valence-electron chi connectivity index (χ3n) is 3.63. The van der Waals surface area contributed by atoms with Crippen LogP contribution in [0.4, 0.5) is 0 Å². The molecule has 0 aliphatic rings. The Balaban J connectivity index is 2.24. The van der Waals surface area contributed by atoms with Crippen LogP contribution >= 0.6 is 12.6 Å². The molecule has 0 spiro atoms. The van der Waals surface area contributed by atoms with Gasteiger partial charge in [0, 0.05) is 17.5 Å². The highest BCUT2D eigenvalue weighted by atomic mass is 32.1. The molecule has 122 valence electrons. The number of ether oxygens (including phenoxy) is 1. The van der Waals surface area contributed by atoms with Crippen LogP contribution < -0.4 is 4.74 Å². The standard InChI is InChI=1S/C16H19N3O3S/c1-3-13(15(23)8-20)11-4-5-14-12(6-11)7-17-16(18-14)22-9-10(2)19-21/h4-8,10,13,15,23H,3,9H2,1-2H3. The molecule has 2 rings (SSSR count). The van der Waals surface area contributed by atoms with Crippen LogP contribution in [0, 0.1) is 4.91 Å². The van der Waals surface area contributed by atoms with Gasteiger partial charge in [0.15, 0.2) is 0 Å². The average molecular weight is 333 g/mol. The van der Waals surface area contributed by atoms with Crippen molar-refractivity contribution in [3.8, 4) is 6.01 Å². The van der Waals surface area contributed by atoms with Crippen LogP contribution in [0.2, 0.25) is 0 Å². The van der Waals surface area contributed by atoms with Crippen LogP contribution in [0.25, 0.3) is 10.9 Å². The van der Waals surface area contributed by atoms with E-state index in [0.717, 1.165) is 29.2 Å². The number of carbonyl (C=O) groups is 1. The van der Waals surface area contributed by atoms with Gasteiger partial charge in [-0.25, -0.2) is 4.98 Å². The molecular weight excluding hydrogens is 314 g/mol. The predicted molar refractivity (Wildman–Crippen MR) is 92.2 cm³/mol. The summed E-state index contributed by atoms with van der Waals surface area (Å²) in [6.45, 7) is 3.83. The highest BCUT2D eigenvalue weighted by Crippen LogP contribution is 2.28. The van der Waals surface area contributed by atoms with Gasteiger partial charge in [-0.1, -0.05) is 18.2 Å². The van der Waals surface area contributed by atoms with E-state index >= 15 is 0 Å². The second-order valence-corrected chi connectivity index (χ2v) is 5.97. The van der Waals surface area contributed by atoms with E-state index in [-0.39, 0.29) is 23.8 Å². The van der Waals surface area contributed by atoms with E-state index in [9.17, 15) is 9.70 Å². The van der Waals surface area contributed by atoms with Crippen LogP contribution in [0.3, 0.4) is 0 Å². The Labute approximate surface area is 140 Å². The van der Waals surface area contributed by atoms with Crippen LogP contribution in [0.15, 0.2) is 29.6 Å². The number of nitroso groups, excluding NO2 is 1. The molecule has 1 aromatic heterocycles. The first kappa shape index (κ1) is 17.3. The summed E-state index contributed by atoms with van der Waals surface area (Å²) in [7, 11) is 0. The molecule has 0 radical (unpaired) electrons. The lowest BCUT2D eigenvalue weighted by atomic mass is 9.92.